The maximum absolute atomic E-state index is 12.3. The van der Waals surface area contributed by atoms with Gasteiger partial charge in [0.05, 0.1) is 0 Å². The van der Waals surface area contributed by atoms with Crippen molar-refractivity contribution in [3.05, 3.63) is 11.1 Å². The summed E-state index contributed by atoms with van der Waals surface area (Å²) < 4.78 is 0. The SMILES string of the molecule is O=C(N[C@@H]1CCC[C@H]1CO)c1csc(N2CCCCC2)n1. The van der Waals surface area contributed by atoms with Crippen molar-refractivity contribution in [1.29, 1.82) is 0 Å². The lowest BCUT2D eigenvalue weighted by atomic mass is 10.1. The molecule has 3 rings (SSSR count). The number of thiazole rings is 1. The van der Waals surface area contributed by atoms with Gasteiger partial charge in [0.15, 0.2) is 5.13 Å². The number of hydrogen-bond acceptors (Lipinski definition) is 5. The van der Waals surface area contributed by atoms with E-state index in [1.807, 2.05) is 5.38 Å². The van der Waals surface area contributed by atoms with Gasteiger partial charge in [0, 0.05) is 37.0 Å². The van der Waals surface area contributed by atoms with Crippen LogP contribution in [0.5, 0.6) is 0 Å². The van der Waals surface area contributed by atoms with Crippen LogP contribution in [-0.4, -0.2) is 41.7 Å². The molecule has 6 heteroatoms. The van der Waals surface area contributed by atoms with Gasteiger partial charge in [-0.15, -0.1) is 11.3 Å². The summed E-state index contributed by atoms with van der Waals surface area (Å²) >= 11 is 1.55. The third-order valence-electron chi connectivity index (χ3n) is 4.56. The van der Waals surface area contributed by atoms with Gasteiger partial charge >= 0.3 is 0 Å². The van der Waals surface area contributed by atoms with Gasteiger partial charge < -0.3 is 15.3 Å². The van der Waals surface area contributed by atoms with Crippen LogP contribution in [0.25, 0.3) is 0 Å². The Morgan fingerprint density at radius 2 is 2.14 bits per heavy atom. The largest absolute Gasteiger partial charge is 0.396 e. The number of aliphatic hydroxyl groups is 1. The molecule has 0 radical (unpaired) electrons. The number of carbonyl (C=O) groups excluding carboxylic acids is 1. The van der Waals surface area contributed by atoms with Crippen LogP contribution in [-0.2, 0) is 0 Å². The summed E-state index contributed by atoms with van der Waals surface area (Å²) in [4.78, 5) is 19.1. The second-order valence-electron chi connectivity index (χ2n) is 6.02. The molecule has 1 saturated carbocycles. The van der Waals surface area contributed by atoms with Crippen LogP contribution >= 0.6 is 11.3 Å². The molecule has 5 nitrogen and oxygen atoms in total. The van der Waals surface area contributed by atoms with Gasteiger partial charge in [-0.05, 0) is 32.1 Å². The van der Waals surface area contributed by atoms with Crippen molar-refractivity contribution in [2.75, 3.05) is 24.6 Å². The summed E-state index contributed by atoms with van der Waals surface area (Å²) in [6, 6.07) is 0.0997. The maximum atomic E-state index is 12.3. The molecule has 2 atom stereocenters. The molecule has 1 aromatic heterocycles. The Morgan fingerprint density at radius 3 is 2.90 bits per heavy atom. The fourth-order valence-corrected chi connectivity index (χ4v) is 4.15. The second kappa shape index (κ2) is 6.75. The molecule has 2 N–H and O–H groups in total. The molecule has 1 aromatic rings. The van der Waals surface area contributed by atoms with E-state index in [-0.39, 0.29) is 24.5 Å². The maximum Gasteiger partial charge on any atom is 0.271 e. The first-order chi connectivity index (χ1) is 10.3. The average Bonchev–Trinajstić information content (AvgIpc) is 3.17. The second-order valence-corrected chi connectivity index (χ2v) is 6.85. The first-order valence-electron chi connectivity index (χ1n) is 7.90. The standard InChI is InChI=1S/C15H23N3O2S/c19-9-11-5-4-6-12(11)16-14(20)13-10-21-15(17-13)18-7-2-1-3-8-18/h10-12,19H,1-9H2,(H,16,20)/t11-,12+/m0/s1. The number of nitrogens with zero attached hydrogens (tertiary/aromatic N) is 2. The van der Waals surface area contributed by atoms with Crippen LogP contribution in [0.15, 0.2) is 5.38 Å². The van der Waals surface area contributed by atoms with Crippen LogP contribution in [0.1, 0.15) is 49.0 Å². The first kappa shape index (κ1) is 14.8. The lowest BCUT2D eigenvalue weighted by Crippen LogP contribution is -2.38. The predicted molar refractivity (Wildman–Crippen MR) is 83.9 cm³/mol. The number of piperidine rings is 1. The van der Waals surface area contributed by atoms with Crippen molar-refractivity contribution >= 4 is 22.4 Å². The van der Waals surface area contributed by atoms with Gasteiger partial charge in [-0.1, -0.05) is 6.42 Å². The molecule has 1 aliphatic carbocycles. The fourth-order valence-electron chi connectivity index (χ4n) is 3.29. The molecule has 0 bridgehead atoms. The van der Waals surface area contributed by atoms with Crippen molar-refractivity contribution in [3.63, 3.8) is 0 Å². The van der Waals surface area contributed by atoms with E-state index in [2.05, 4.69) is 15.2 Å². The molecule has 2 fully saturated rings. The zero-order chi connectivity index (χ0) is 14.7. The number of aromatic nitrogens is 1. The van der Waals surface area contributed by atoms with Gasteiger partial charge in [0.2, 0.25) is 0 Å². The van der Waals surface area contributed by atoms with Crippen molar-refractivity contribution in [2.45, 2.75) is 44.6 Å². The van der Waals surface area contributed by atoms with Crippen LogP contribution < -0.4 is 10.2 Å². The minimum atomic E-state index is -0.0974. The van der Waals surface area contributed by atoms with Crippen LogP contribution in [0.4, 0.5) is 5.13 Å². The molecular weight excluding hydrogens is 286 g/mol. The van der Waals surface area contributed by atoms with E-state index in [4.69, 9.17) is 0 Å². The highest BCUT2D eigenvalue weighted by atomic mass is 32.1. The highest BCUT2D eigenvalue weighted by molar-refractivity contribution is 7.13. The molecular formula is C15H23N3O2S. The first-order valence-corrected chi connectivity index (χ1v) is 8.78. The van der Waals surface area contributed by atoms with E-state index < -0.39 is 0 Å². The predicted octanol–water partition coefficient (Wildman–Crippen LogP) is 2.02. The molecule has 0 spiro atoms. The highest BCUT2D eigenvalue weighted by Gasteiger charge is 2.28. The molecule has 21 heavy (non-hydrogen) atoms. The van der Waals surface area contributed by atoms with Gasteiger partial charge in [0.1, 0.15) is 5.69 Å². The summed E-state index contributed by atoms with van der Waals surface area (Å²) in [6.45, 7) is 2.24. The zero-order valence-corrected chi connectivity index (χ0v) is 13.1. The minimum Gasteiger partial charge on any atom is -0.396 e. The van der Waals surface area contributed by atoms with Gasteiger partial charge in [-0.25, -0.2) is 4.98 Å². The van der Waals surface area contributed by atoms with E-state index in [1.54, 1.807) is 11.3 Å². The molecule has 0 aromatic carbocycles. The summed E-state index contributed by atoms with van der Waals surface area (Å²) in [6.07, 6.45) is 6.74. The Hall–Kier alpha value is -1.14. The molecule has 2 aliphatic rings. The van der Waals surface area contributed by atoms with E-state index in [0.29, 0.717) is 5.69 Å². The minimum absolute atomic E-state index is 0.0974. The topological polar surface area (TPSA) is 65.5 Å². The lowest BCUT2D eigenvalue weighted by molar-refractivity contribution is 0.0911. The van der Waals surface area contributed by atoms with Crippen LogP contribution in [0, 0.1) is 5.92 Å². The number of anilines is 1. The van der Waals surface area contributed by atoms with Crippen molar-refractivity contribution in [2.24, 2.45) is 5.92 Å². The molecule has 1 saturated heterocycles. The molecule has 0 unspecified atom stereocenters. The van der Waals surface area contributed by atoms with Crippen LogP contribution in [0.2, 0.25) is 0 Å². The lowest BCUT2D eigenvalue weighted by Gasteiger charge is -2.25. The quantitative estimate of drug-likeness (QED) is 0.893. The summed E-state index contributed by atoms with van der Waals surface area (Å²) in [5, 5.41) is 15.2. The zero-order valence-electron chi connectivity index (χ0n) is 12.3. The van der Waals surface area contributed by atoms with E-state index in [0.717, 1.165) is 37.5 Å². The van der Waals surface area contributed by atoms with Crippen LogP contribution in [0.3, 0.4) is 0 Å². The number of rotatable bonds is 4. The van der Waals surface area contributed by atoms with E-state index >= 15 is 0 Å². The van der Waals surface area contributed by atoms with Gasteiger partial charge in [-0.3, -0.25) is 4.79 Å². The van der Waals surface area contributed by atoms with E-state index in [1.165, 1.54) is 19.3 Å². The smallest absolute Gasteiger partial charge is 0.271 e. The number of amides is 1. The third kappa shape index (κ3) is 3.37. The van der Waals surface area contributed by atoms with Gasteiger partial charge in [-0.2, -0.15) is 0 Å². The normalized spacial score (nSPS) is 26.0. The van der Waals surface area contributed by atoms with Crippen molar-refractivity contribution < 1.29 is 9.90 Å². The van der Waals surface area contributed by atoms with Crippen molar-refractivity contribution in [3.8, 4) is 0 Å². The van der Waals surface area contributed by atoms with Gasteiger partial charge in [0.25, 0.3) is 5.91 Å². The molecule has 1 aliphatic heterocycles. The number of nitrogens with one attached hydrogen (secondary N) is 1. The summed E-state index contributed by atoms with van der Waals surface area (Å²) in [7, 11) is 0. The average molecular weight is 309 g/mol. The Balaban J connectivity index is 1.61. The summed E-state index contributed by atoms with van der Waals surface area (Å²) in [5.74, 6) is 0.106. The Kier molecular flexibility index (Phi) is 4.75. The Morgan fingerprint density at radius 1 is 1.33 bits per heavy atom. The summed E-state index contributed by atoms with van der Waals surface area (Å²) in [5.41, 5.74) is 0.518. The third-order valence-corrected chi connectivity index (χ3v) is 5.46. The van der Waals surface area contributed by atoms with Crippen molar-refractivity contribution in [1.82, 2.24) is 10.3 Å². The Bertz CT molecular complexity index is 485. The highest BCUT2D eigenvalue weighted by Crippen LogP contribution is 2.27. The number of carbonyl (C=O) groups is 1. The monoisotopic (exact) mass is 309 g/mol. The molecule has 116 valence electrons. The molecule has 2 heterocycles. The number of aliphatic hydroxyl groups excluding tert-OH is 1. The molecule has 1 amide bonds. The fraction of sp³-hybridized carbons (Fsp3) is 0.733. The number of hydrogen-bond donors (Lipinski definition) is 2. The Labute approximate surface area is 129 Å². The van der Waals surface area contributed by atoms with E-state index in [9.17, 15) is 9.90 Å².